The van der Waals surface area contributed by atoms with Gasteiger partial charge in [0.05, 0.1) is 6.61 Å². The van der Waals surface area contributed by atoms with Crippen molar-refractivity contribution in [1.29, 1.82) is 0 Å². The van der Waals surface area contributed by atoms with Gasteiger partial charge < -0.3 is 14.6 Å². The van der Waals surface area contributed by atoms with Crippen LogP contribution in [0.1, 0.15) is 22.9 Å². The van der Waals surface area contributed by atoms with Crippen LogP contribution in [0, 0.1) is 0 Å². The number of ether oxygens (including phenoxy) is 2. The highest BCUT2D eigenvalue weighted by Gasteiger charge is 2.47. The molecule has 184 valence electrons. The molecule has 7 nitrogen and oxygen atoms in total. The molecule has 1 aliphatic heterocycles. The lowest BCUT2D eigenvalue weighted by molar-refractivity contribution is -0.0950. The maximum absolute atomic E-state index is 15.1. The molecular weight excluding hydrogens is 463 g/mol. The number of hydrogen-bond acceptors (Lipinski definition) is 5. The minimum Gasteiger partial charge on any atom is -0.387 e. The number of nitrogens with zero attached hydrogens (tertiary/aromatic N) is 1. The molecule has 2 heterocycles. The first kappa shape index (κ1) is 23.9. The SMILES string of the molecule is O=c1ccn([C@H]2O[C@@H](COC(c3ccccc3)(c3ccccc3)c3ccccc3)C(O)[C@@H]2F)c(=O)[nH]1. The summed E-state index contributed by atoms with van der Waals surface area (Å²) in [4.78, 5) is 25.7. The number of nitrogens with one attached hydrogen (secondary N) is 1. The Morgan fingerprint density at radius 3 is 1.83 bits per heavy atom. The molecule has 1 saturated heterocycles. The second-order valence-corrected chi connectivity index (χ2v) is 8.61. The summed E-state index contributed by atoms with van der Waals surface area (Å²) in [7, 11) is 0. The van der Waals surface area contributed by atoms with Crippen LogP contribution in [0.2, 0.25) is 0 Å². The van der Waals surface area contributed by atoms with Crippen LogP contribution in [0.5, 0.6) is 0 Å². The number of aliphatic hydroxyl groups is 1. The van der Waals surface area contributed by atoms with Crippen molar-refractivity contribution in [3.8, 4) is 0 Å². The Morgan fingerprint density at radius 1 is 0.861 bits per heavy atom. The Morgan fingerprint density at radius 2 is 1.36 bits per heavy atom. The summed E-state index contributed by atoms with van der Waals surface area (Å²) < 4.78 is 28.4. The lowest BCUT2D eigenvalue weighted by Crippen LogP contribution is -2.39. The van der Waals surface area contributed by atoms with Crippen LogP contribution < -0.4 is 11.2 Å². The first-order valence-electron chi connectivity index (χ1n) is 11.6. The molecule has 0 spiro atoms. The molecule has 0 amide bonds. The van der Waals surface area contributed by atoms with E-state index in [1.165, 1.54) is 0 Å². The summed E-state index contributed by atoms with van der Waals surface area (Å²) >= 11 is 0. The summed E-state index contributed by atoms with van der Waals surface area (Å²) in [6.45, 7) is -0.172. The summed E-state index contributed by atoms with van der Waals surface area (Å²) in [5, 5.41) is 10.7. The van der Waals surface area contributed by atoms with E-state index in [0.29, 0.717) is 0 Å². The number of alkyl halides is 1. The first-order valence-corrected chi connectivity index (χ1v) is 11.6. The highest BCUT2D eigenvalue weighted by molar-refractivity contribution is 5.47. The van der Waals surface area contributed by atoms with Crippen molar-refractivity contribution in [2.24, 2.45) is 0 Å². The van der Waals surface area contributed by atoms with Crippen LogP contribution in [-0.2, 0) is 15.1 Å². The smallest absolute Gasteiger partial charge is 0.330 e. The van der Waals surface area contributed by atoms with E-state index in [4.69, 9.17) is 9.47 Å². The molecular formula is C28H25FN2O5. The second kappa shape index (κ2) is 10.0. The van der Waals surface area contributed by atoms with Crippen molar-refractivity contribution in [1.82, 2.24) is 9.55 Å². The molecule has 2 N–H and O–H groups in total. The number of aromatic amines is 1. The topological polar surface area (TPSA) is 93.5 Å². The predicted molar refractivity (Wildman–Crippen MR) is 131 cm³/mol. The molecule has 1 fully saturated rings. The zero-order valence-electron chi connectivity index (χ0n) is 19.2. The summed E-state index contributed by atoms with van der Waals surface area (Å²) in [5.74, 6) is 0. The third kappa shape index (κ3) is 4.30. The van der Waals surface area contributed by atoms with E-state index in [1.54, 1.807) is 0 Å². The zero-order valence-corrected chi connectivity index (χ0v) is 19.2. The van der Waals surface area contributed by atoms with E-state index in [1.807, 2.05) is 91.0 Å². The Balaban J connectivity index is 1.52. The fraction of sp³-hybridized carbons (Fsp3) is 0.214. The molecule has 4 aromatic rings. The van der Waals surface area contributed by atoms with Crippen molar-refractivity contribution in [3.05, 3.63) is 141 Å². The Labute approximate surface area is 206 Å². The van der Waals surface area contributed by atoms with E-state index >= 15 is 4.39 Å². The highest BCUT2D eigenvalue weighted by atomic mass is 19.1. The van der Waals surface area contributed by atoms with Gasteiger partial charge in [0.2, 0.25) is 0 Å². The van der Waals surface area contributed by atoms with Crippen LogP contribution in [0.15, 0.2) is 113 Å². The van der Waals surface area contributed by atoms with E-state index in [2.05, 4.69) is 4.98 Å². The highest BCUT2D eigenvalue weighted by Crippen LogP contribution is 2.41. The van der Waals surface area contributed by atoms with Crippen LogP contribution in [0.4, 0.5) is 4.39 Å². The van der Waals surface area contributed by atoms with E-state index in [-0.39, 0.29) is 6.61 Å². The Kier molecular flexibility index (Phi) is 6.65. The number of aliphatic hydroxyl groups excluding tert-OH is 1. The normalized spacial score (nSPS) is 21.9. The van der Waals surface area contributed by atoms with Gasteiger partial charge in [0, 0.05) is 12.3 Å². The lowest BCUT2D eigenvalue weighted by Gasteiger charge is -2.37. The second-order valence-electron chi connectivity index (χ2n) is 8.61. The Hall–Kier alpha value is -3.85. The number of halogens is 1. The molecule has 1 aromatic heterocycles. The van der Waals surface area contributed by atoms with Crippen LogP contribution >= 0.6 is 0 Å². The van der Waals surface area contributed by atoms with Crippen LogP contribution in [0.3, 0.4) is 0 Å². The van der Waals surface area contributed by atoms with Crippen molar-refractivity contribution in [2.75, 3.05) is 6.61 Å². The van der Waals surface area contributed by atoms with Gasteiger partial charge in [-0.1, -0.05) is 91.0 Å². The number of benzene rings is 3. The zero-order chi connectivity index (χ0) is 25.1. The summed E-state index contributed by atoms with van der Waals surface area (Å²) in [6.07, 6.45) is -4.77. The summed E-state index contributed by atoms with van der Waals surface area (Å²) in [6, 6.07) is 30.0. The van der Waals surface area contributed by atoms with Gasteiger partial charge in [-0.2, -0.15) is 0 Å². The fourth-order valence-electron chi connectivity index (χ4n) is 4.67. The predicted octanol–water partition coefficient (Wildman–Crippen LogP) is 3.14. The van der Waals surface area contributed by atoms with E-state index in [0.717, 1.165) is 33.5 Å². The van der Waals surface area contributed by atoms with Gasteiger partial charge in [0.1, 0.15) is 17.8 Å². The maximum Gasteiger partial charge on any atom is 0.330 e. The van der Waals surface area contributed by atoms with Crippen molar-refractivity contribution in [2.45, 2.75) is 30.2 Å². The standard InChI is InChI=1S/C28H25FN2O5/c29-24-25(33)22(36-26(24)31-17-16-23(32)30-27(31)34)18-35-28(19-10-4-1-5-11-19,20-12-6-2-7-13-20)21-14-8-3-9-15-21/h1-17,22,24-26,33H,18H2,(H,30,32,34)/t22-,24-,25?,26-/m0/s1. The van der Waals surface area contributed by atoms with Gasteiger partial charge in [-0.25, -0.2) is 9.18 Å². The molecule has 8 heteroatoms. The monoisotopic (exact) mass is 488 g/mol. The average molecular weight is 489 g/mol. The van der Waals surface area contributed by atoms with Gasteiger partial charge in [-0.05, 0) is 16.7 Å². The number of hydrogen-bond donors (Lipinski definition) is 2. The lowest BCUT2D eigenvalue weighted by atomic mass is 9.80. The van der Waals surface area contributed by atoms with Gasteiger partial charge in [-0.3, -0.25) is 14.3 Å². The molecule has 5 rings (SSSR count). The maximum atomic E-state index is 15.1. The molecule has 1 aliphatic rings. The number of H-pyrrole nitrogens is 1. The first-order chi connectivity index (χ1) is 17.5. The van der Waals surface area contributed by atoms with Crippen molar-refractivity contribution >= 4 is 0 Å². The Bertz CT molecular complexity index is 1310. The fourth-order valence-corrected chi connectivity index (χ4v) is 4.67. The minimum absolute atomic E-state index is 0.172. The van der Waals surface area contributed by atoms with Gasteiger partial charge in [0.15, 0.2) is 12.4 Å². The minimum atomic E-state index is -1.90. The molecule has 1 unspecified atom stereocenters. The molecule has 0 saturated carbocycles. The molecule has 36 heavy (non-hydrogen) atoms. The number of aromatic nitrogens is 2. The molecule has 0 radical (unpaired) electrons. The van der Waals surface area contributed by atoms with Crippen molar-refractivity contribution < 1.29 is 19.0 Å². The molecule has 4 atom stereocenters. The van der Waals surface area contributed by atoms with Crippen LogP contribution in [-0.4, -0.2) is 39.6 Å². The third-order valence-electron chi connectivity index (χ3n) is 6.42. The quantitative estimate of drug-likeness (QED) is 0.390. The third-order valence-corrected chi connectivity index (χ3v) is 6.42. The van der Waals surface area contributed by atoms with E-state index < -0.39 is 41.5 Å². The average Bonchev–Trinajstić information content (AvgIpc) is 3.19. The van der Waals surface area contributed by atoms with Gasteiger partial charge in [0.25, 0.3) is 5.56 Å². The van der Waals surface area contributed by atoms with Crippen LogP contribution in [0.25, 0.3) is 0 Å². The molecule has 0 bridgehead atoms. The molecule has 0 aliphatic carbocycles. The van der Waals surface area contributed by atoms with E-state index in [9.17, 15) is 14.7 Å². The molecule has 3 aromatic carbocycles. The largest absolute Gasteiger partial charge is 0.387 e. The van der Waals surface area contributed by atoms with Gasteiger partial charge >= 0.3 is 5.69 Å². The van der Waals surface area contributed by atoms with Crippen molar-refractivity contribution in [3.63, 3.8) is 0 Å². The number of rotatable bonds is 7. The summed E-state index contributed by atoms with van der Waals surface area (Å²) in [5.41, 5.74) is 0.0332. The van der Waals surface area contributed by atoms with Gasteiger partial charge in [-0.15, -0.1) is 0 Å².